The fourth-order valence-corrected chi connectivity index (χ4v) is 3.91. The summed E-state index contributed by atoms with van der Waals surface area (Å²) in [7, 11) is 0. The molecule has 0 atom stereocenters. The standard InChI is InChI=1S/C22H34N2O2/c1-5-23(6-2)21(25)19-12-14-20(15-13-19)22(26)24(17(3)4)16-18-10-8-7-9-11-18/h7-11,17,19-20H,5-6,12-16H2,1-4H3. The summed E-state index contributed by atoms with van der Waals surface area (Å²) in [5.74, 6) is 0.672. The first kappa shape index (κ1) is 20.5. The molecular formula is C22H34N2O2. The van der Waals surface area contributed by atoms with Gasteiger partial charge < -0.3 is 9.80 Å². The van der Waals surface area contributed by atoms with Gasteiger partial charge in [-0.05, 0) is 58.9 Å². The summed E-state index contributed by atoms with van der Waals surface area (Å²) in [6, 6.07) is 10.4. The molecule has 1 saturated carbocycles. The van der Waals surface area contributed by atoms with Gasteiger partial charge in [-0.3, -0.25) is 9.59 Å². The van der Waals surface area contributed by atoms with Crippen molar-refractivity contribution in [1.82, 2.24) is 9.80 Å². The lowest BCUT2D eigenvalue weighted by Crippen LogP contribution is -2.43. The lowest BCUT2D eigenvalue weighted by molar-refractivity contribution is -0.142. The average Bonchev–Trinajstić information content (AvgIpc) is 2.67. The van der Waals surface area contributed by atoms with Crippen LogP contribution in [0.4, 0.5) is 0 Å². The Morgan fingerprint density at radius 2 is 1.42 bits per heavy atom. The Labute approximate surface area is 158 Å². The number of carbonyl (C=O) groups is 2. The minimum absolute atomic E-state index is 0.0573. The normalized spacial score (nSPS) is 20.0. The molecule has 2 amide bonds. The second-order valence-electron chi connectivity index (χ2n) is 7.60. The monoisotopic (exact) mass is 358 g/mol. The van der Waals surface area contributed by atoms with Gasteiger partial charge in [0.05, 0.1) is 0 Å². The Hall–Kier alpha value is -1.84. The van der Waals surface area contributed by atoms with E-state index in [-0.39, 0.29) is 29.7 Å². The van der Waals surface area contributed by atoms with Gasteiger partial charge in [0.15, 0.2) is 0 Å². The largest absolute Gasteiger partial charge is 0.343 e. The third-order valence-corrected chi connectivity index (χ3v) is 5.60. The topological polar surface area (TPSA) is 40.6 Å². The summed E-state index contributed by atoms with van der Waals surface area (Å²) in [6.07, 6.45) is 3.33. The number of hydrogen-bond donors (Lipinski definition) is 0. The fraction of sp³-hybridized carbons (Fsp3) is 0.636. The predicted molar refractivity (Wildman–Crippen MR) is 106 cm³/mol. The van der Waals surface area contributed by atoms with Crippen molar-refractivity contribution < 1.29 is 9.59 Å². The van der Waals surface area contributed by atoms with E-state index in [9.17, 15) is 9.59 Å². The van der Waals surface area contributed by atoms with E-state index < -0.39 is 0 Å². The van der Waals surface area contributed by atoms with Crippen molar-refractivity contribution in [3.05, 3.63) is 35.9 Å². The quantitative estimate of drug-likeness (QED) is 0.736. The molecule has 26 heavy (non-hydrogen) atoms. The van der Waals surface area contributed by atoms with Crippen LogP contribution >= 0.6 is 0 Å². The molecule has 1 aromatic rings. The predicted octanol–water partition coefficient (Wildman–Crippen LogP) is 4.10. The molecule has 4 heteroatoms. The Kier molecular flexibility index (Phi) is 7.67. The third kappa shape index (κ3) is 5.09. The van der Waals surface area contributed by atoms with Gasteiger partial charge in [0, 0.05) is 37.5 Å². The maximum absolute atomic E-state index is 13.1. The van der Waals surface area contributed by atoms with Crippen LogP contribution in [-0.4, -0.2) is 40.7 Å². The van der Waals surface area contributed by atoms with Crippen molar-refractivity contribution in [2.45, 2.75) is 66.0 Å². The van der Waals surface area contributed by atoms with Gasteiger partial charge in [0.1, 0.15) is 0 Å². The van der Waals surface area contributed by atoms with Crippen LogP contribution in [0.3, 0.4) is 0 Å². The van der Waals surface area contributed by atoms with E-state index in [4.69, 9.17) is 0 Å². The van der Waals surface area contributed by atoms with Crippen LogP contribution in [0.2, 0.25) is 0 Å². The maximum Gasteiger partial charge on any atom is 0.226 e. The molecule has 1 aromatic carbocycles. The summed E-state index contributed by atoms with van der Waals surface area (Å²) in [6.45, 7) is 10.4. The van der Waals surface area contributed by atoms with Gasteiger partial charge in [0.25, 0.3) is 0 Å². The van der Waals surface area contributed by atoms with E-state index in [0.717, 1.165) is 38.8 Å². The zero-order valence-corrected chi connectivity index (χ0v) is 16.8. The van der Waals surface area contributed by atoms with Crippen LogP contribution in [-0.2, 0) is 16.1 Å². The highest BCUT2D eigenvalue weighted by atomic mass is 16.2. The lowest BCUT2D eigenvalue weighted by Gasteiger charge is -2.35. The van der Waals surface area contributed by atoms with Crippen LogP contribution in [0.5, 0.6) is 0 Å². The van der Waals surface area contributed by atoms with Gasteiger partial charge in [0.2, 0.25) is 11.8 Å². The first-order valence-corrected chi connectivity index (χ1v) is 10.1. The Bertz CT molecular complexity index is 573. The van der Waals surface area contributed by atoms with Gasteiger partial charge in [-0.2, -0.15) is 0 Å². The second kappa shape index (κ2) is 9.75. The molecule has 0 heterocycles. The van der Waals surface area contributed by atoms with Crippen LogP contribution in [0.15, 0.2) is 30.3 Å². The minimum Gasteiger partial charge on any atom is -0.343 e. The van der Waals surface area contributed by atoms with E-state index in [1.165, 1.54) is 5.56 Å². The van der Waals surface area contributed by atoms with Crippen molar-refractivity contribution in [3.63, 3.8) is 0 Å². The molecule has 4 nitrogen and oxygen atoms in total. The maximum atomic E-state index is 13.1. The van der Waals surface area contributed by atoms with Crippen molar-refractivity contribution in [3.8, 4) is 0 Å². The Balaban J connectivity index is 1.96. The number of carbonyl (C=O) groups excluding carboxylic acids is 2. The molecule has 144 valence electrons. The smallest absolute Gasteiger partial charge is 0.226 e. The third-order valence-electron chi connectivity index (χ3n) is 5.60. The number of hydrogen-bond acceptors (Lipinski definition) is 2. The van der Waals surface area contributed by atoms with Crippen LogP contribution in [0.25, 0.3) is 0 Å². The first-order chi connectivity index (χ1) is 12.5. The van der Waals surface area contributed by atoms with Crippen LogP contribution < -0.4 is 0 Å². The Morgan fingerprint density at radius 3 is 1.88 bits per heavy atom. The van der Waals surface area contributed by atoms with Gasteiger partial charge >= 0.3 is 0 Å². The zero-order valence-electron chi connectivity index (χ0n) is 16.8. The van der Waals surface area contributed by atoms with E-state index >= 15 is 0 Å². The SMILES string of the molecule is CCN(CC)C(=O)C1CCC(C(=O)N(Cc2ccccc2)C(C)C)CC1. The Morgan fingerprint density at radius 1 is 0.923 bits per heavy atom. The molecule has 0 bridgehead atoms. The molecular weight excluding hydrogens is 324 g/mol. The fourth-order valence-electron chi connectivity index (χ4n) is 3.91. The highest BCUT2D eigenvalue weighted by Crippen LogP contribution is 2.32. The molecule has 0 radical (unpaired) electrons. The number of amides is 2. The van der Waals surface area contributed by atoms with Crippen molar-refractivity contribution in [1.29, 1.82) is 0 Å². The minimum atomic E-state index is 0.0573. The molecule has 0 aromatic heterocycles. The molecule has 0 spiro atoms. The van der Waals surface area contributed by atoms with Crippen molar-refractivity contribution in [2.24, 2.45) is 11.8 Å². The second-order valence-corrected chi connectivity index (χ2v) is 7.60. The summed E-state index contributed by atoms with van der Waals surface area (Å²) in [5.41, 5.74) is 1.17. The van der Waals surface area contributed by atoms with Gasteiger partial charge in [-0.15, -0.1) is 0 Å². The summed E-state index contributed by atoms with van der Waals surface area (Å²) in [4.78, 5) is 29.6. The van der Waals surface area contributed by atoms with E-state index in [2.05, 4.69) is 26.0 Å². The highest BCUT2D eigenvalue weighted by molar-refractivity contribution is 5.81. The highest BCUT2D eigenvalue weighted by Gasteiger charge is 2.34. The average molecular weight is 359 g/mol. The zero-order chi connectivity index (χ0) is 19.1. The molecule has 1 aliphatic carbocycles. The van der Waals surface area contributed by atoms with E-state index in [1.807, 2.05) is 41.8 Å². The molecule has 0 N–H and O–H groups in total. The summed E-state index contributed by atoms with van der Waals surface area (Å²) < 4.78 is 0. The molecule has 2 rings (SSSR count). The van der Waals surface area contributed by atoms with E-state index in [1.54, 1.807) is 0 Å². The molecule has 0 unspecified atom stereocenters. The van der Waals surface area contributed by atoms with Crippen LogP contribution in [0.1, 0.15) is 58.9 Å². The number of benzene rings is 1. The number of rotatable bonds is 7. The lowest BCUT2D eigenvalue weighted by atomic mass is 9.80. The van der Waals surface area contributed by atoms with E-state index in [0.29, 0.717) is 6.54 Å². The molecule has 1 aliphatic rings. The van der Waals surface area contributed by atoms with Crippen LogP contribution in [0, 0.1) is 11.8 Å². The van der Waals surface area contributed by atoms with Gasteiger partial charge in [-0.1, -0.05) is 30.3 Å². The molecule has 1 fully saturated rings. The van der Waals surface area contributed by atoms with Gasteiger partial charge in [-0.25, -0.2) is 0 Å². The summed E-state index contributed by atoms with van der Waals surface area (Å²) in [5, 5.41) is 0. The van der Waals surface area contributed by atoms with Crippen molar-refractivity contribution in [2.75, 3.05) is 13.1 Å². The summed E-state index contributed by atoms with van der Waals surface area (Å²) >= 11 is 0. The molecule has 0 aliphatic heterocycles. The first-order valence-electron chi connectivity index (χ1n) is 10.1. The molecule has 0 saturated heterocycles. The van der Waals surface area contributed by atoms with Crippen molar-refractivity contribution >= 4 is 11.8 Å². The number of nitrogens with zero attached hydrogens (tertiary/aromatic N) is 2.